The van der Waals surface area contributed by atoms with Crippen LogP contribution in [0, 0.1) is 0 Å². The second kappa shape index (κ2) is 5.34. The minimum absolute atomic E-state index is 0.00711. The van der Waals surface area contributed by atoms with E-state index in [0.29, 0.717) is 12.0 Å². The maximum Gasteiger partial charge on any atom is 0.339 e. The number of aromatic hydroxyl groups is 1. The van der Waals surface area contributed by atoms with Crippen LogP contribution in [0.15, 0.2) is 12.1 Å². The number of carbonyl (C=O) groups is 1. The molecule has 1 rings (SSSR count). The van der Waals surface area contributed by atoms with Gasteiger partial charge in [0.1, 0.15) is 17.1 Å². The minimum atomic E-state index is -1.12. The molecule has 0 radical (unpaired) electrons. The highest BCUT2D eigenvalue weighted by Gasteiger charge is 2.15. The molecule has 0 bridgehead atoms. The van der Waals surface area contributed by atoms with Crippen LogP contribution >= 0.6 is 0 Å². The van der Waals surface area contributed by atoms with Crippen LogP contribution in [0.5, 0.6) is 11.5 Å². The van der Waals surface area contributed by atoms with Crippen LogP contribution in [0.2, 0.25) is 0 Å². The van der Waals surface area contributed by atoms with Crippen LogP contribution in [0.25, 0.3) is 0 Å². The molecule has 0 spiro atoms. The Morgan fingerprint density at radius 1 is 1.50 bits per heavy atom. The van der Waals surface area contributed by atoms with Crippen molar-refractivity contribution in [3.05, 3.63) is 23.3 Å². The summed E-state index contributed by atoms with van der Waals surface area (Å²) in [7, 11) is 1.34. The maximum absolute atomic E-state index is 10.9. The molecule has 0 atom stereocenters. The summed E-state index contributed by atoms with van der Waals surface area (Å²) >= 11 is 0. The van der Waals surface area contributed by atoms with E-state index in [1.54, 1.807) is 0 Å². The largest absolute Gasteiger partial charge is 0.508 e. The fourth-order valence-corrected chi connectivity index (χ4v) is 1.32. The van der Waals surface area contributed by atoms with Gasteiger partial charge in [0.05, 0.1) is 13.7 Å². The zero-order chi connectivity index (χ0) is 12.1. The highest BCUT2D eigenvalue weighted by Crippen LogP contribution is 2.28. The molecule has 0 heterocycles. The number of hydrogen-bond acceptors (Lipinski definition) is 5. The lowest BCUT2D eigenvalue weighted by atomic mass is 10.1. The van der Waals surface area contributed by atoms with Crippen LogP contribution in [0.3, 0.4) is 0 Å². The molecule has 0 aliphatic carbocycles. The number of ether oxygens (including phenoxy) is 1. The Morgan fingerprint density at radius 2 is 2.19 bits per heavy atom. The molecule has 0 aliphatic heterocycles. The summed E-state index contributed by atoms with van der Waals surface area (Å²) in [5.74, 6) is 3.81. The number of hydrogen-bond donors (Lipinski definition) is 3. The highest BCUT2D eigenvalue weighted by molar-refractivity contribution is 5.91. The van der Waals surface area contributed by atoms with Crippen molar-refractivity contribution in [2.45, 2.75) is 6.42 Å². The Morgan fingerprint density at radius 3 is 2.69 bits per heavy atom. The lowest BCUT2D eigenvalue weighted by molar-refractivity contribution is 0.0693. The van der Waals surface area contributed by atoms with E-state index >= 15 is 0 Å². The topological polar surface area (TPSA) is 102 Å². The van der Waals surface area contributed by atoms with Gasteiger partial charge in [-0.05, 0) is 11.6 Å². The summed E-state index contributed by atoms with van der Waals surface area (Å²) in [5.41, 5.74) is 0.441. The van der Waals surface area contributed by atoms with Gasteiger partial charge in [0.15, 0.2) is 0 Å². The quantitative estimate of drug-likeness (QED) is 0.634. The van der Waals surface area contributed by atoms with Gasteiger partial charge in [-0.1, -0.05) is 0 Å². The van der Waals surface area contributed by atoms with E-state index in [4.69, 9.17) is 15.7 Å². The molecule has 0 unspecified atom stereocenters. The number of phenols is 1. The summed E-state index contributed by atoms with van der Waals surface area (Å²) < 4.78 is 4.85. The smallest absolute Gasteiger partial charge is 0.339 e. The van der Waals surface area contributed by atoms with Gasteiger partial charge in [0.25, 0.3) is 0 Å². The van der Waals surface area contributed by atoms with E-state index in [9.17, 15) is 9.90 Å². The molecular weight excluding hydrogens is 214 g/mol. The summed E-state index contributed by atoms with van der Waals surface area (Å²) in [6.07, 6.45) is 0.326. The molecule has 16 heavy (non-hydrogen) atoms. The summed E-state index contributed by atoms with van der Waals surface area (Å²) in [6, 6.07) is 2.60. The van der Waals surface area contributed by atoms with Gasteiger partial charge in [-0.3, -0.25) is 0 Å². The maximum atomic E-state index is 10.9. The van der Waals surface area contributed by atoms with Gasteiger partial charge < -0.3 is 19.8 Å². The van der Waals surface area contributed by atoms with Crippen LogP contribution < -0.4 is 10.6 Å². The first-order valence-corrected chi connectivity index (χ1v) is 4.55. The number of rotatable bonds is 5. The second-order valence-corrected chi connectivity index (χ2v) is 3.11. The first-order valence-electron chi connectivity index (χ1n) is 4.55. The highest BCUT2D eigenvalue weighted by atomic mass is 16.6. The van der Waals surface area contributed by atoms with Crippen molar-refractivity contribution in [1.29, 1.82) is 0 Å². The molecule has 4 N–H and O–H groups in total. The molecule has 0 saturated carbocycles. The fraction of sp³-hybridized carbons (Fsp3) is 0.300. The Bertz CT molecular complexity index is 391. The first kappa shape index (κ1) is 12.3. The summed E-state index contributed by atoms with van der Waals surface area (Å²) in [5, 5.41) is 18.5. The number of carboxylic acid groups (broad SMARTS) is 1. The number of aromatic carboxylic acids is 1. The van der Waals surface area contributed by atoms with E-state index in [2.05, 4.69) is 4.84 Å². The third kappa shape index (κ3) is 2.62. The van der Waals surface area contributed by atoms with Crippen LogP contribution in [0.4, 0.5) is 0 Å². The molecule has 1 aromatic rings. The zero-order valence-electron chi connectivity index (χ0n) is 8.77. The zero-order valence-corrected chi connectivity index (χ0v) is 8.77. The van der Waals surface area contributed by atoms with Crippen molar-refractivity contribution in [1.82, 2.24) is 0 Å². The van der Waals surface area contributed by atoms with Gasteiger partial charge in [-0.2, -0.15) is 0 Å². The number of phenolic OH excluding ortho intramolecular Hbond substituents is 1. The average molecular weight is 227 g/mol. The number of carboxylic acids is 1. The molecule has 0 aliphatic rings. The first-order chi connectivity index (χ1) is 7.60. The van der Waals surface area contributed by atoms with Gasteiger partial charge in [0, 0.05) is 12.5 Å². The monoisotopic (exact) mass is 227 g/mol. The van der Waals surface area contributed by atoms with Crippen molar-refractivity contribution in [2.75, 3.05) is 13.7 Å². The fourth-order valence-electron chi connectivity index (χ4n) is 1.32. The van der Waals surface area contributed by atoms with Crippen LogP contribution in [0.1, 0.15) is 15.9 Å². The van der Waals surface area contributed by atoms with Gasteiger partial charge >= 0.3 is 5.97 Å². The number of nitrogens with two attached hydrogens (primary N) is 1. The third-order valence-electron chi connectivity index (χ3n) is 2.12. The average Bonchev–Trinajstić information content (AvgIpc) is 2.26. The lowest BCUT2D eigenvalue weighted by Crippen LogP contribution is -2.06. The summed E-state index contributed by atoms with van der Waals surface area (Å²) in [4.78, 5) is 15.3. The molecule has 0 amide bonds. The molecule has 0 saturated heterocycles. The second-order valence-electron chi connectivity index (χ2n) is 3.11. The van der Waals surface area contributed by atoms with E-state index in [1.807, 2.05) is 0 Å². The number of methoxy groups -OCH3 is 1. The predicted octanol–water partition coefficient (Wildman–Crippen LogP) is 0.532. The van der Waals surface area contributed by atoms with Crippen molar-refractivity contribution in [2.24, 2.45) is 5.90 Å². The van der Waals surface area contributed by atoms with E-state index in [-0.39, 0.29) is 23.7 Å². The Labute approximate surface area is 92.2 Å². The molecule has 0 fully saturated rings. The molecule has 6 heteroatoms. The molecule has 0 aromatic heterocycles. The third-order valence-corrected chi connectivity index (χ3v) is 2.12. The van der Waals surface area contributed by atoms with Gasteiger partial charge in [-0.25, -0.2) is 10.7 Å². The van der Waals surface area contributed by atoms with E-state index in [1.165, 1.54) is 19.2 Å². The molecule has 6 nitrogen and oxygen atoms in total. The van der Waals surface area contributed by atoms with E-state index < -0.39 is 5.97 Å². The van der Waals surface area contributed by atoms with Gasteiger partial charge in [-0.15, -0.1) is 0 Å². The van der Waals surface area contributed by atoms with Crippen molar-refractivity contribution < 1.29 is 24.6 Å². The van der Waals surface area contributed by atoms with Crippen molar-refractivity contribution in [3.63, 3.8) is 0 Å². The predicted molar refractivity (Wildman–Crippen MR) is 55.5 cm³/mol. The Balaban J connectivity index is 3.11. The van der Waals surface area contributed by atoms with Crippen molar-refractivity contribution in [3.8, 4) is 11.5 Å². The van der Waals surface area contributed by atoms with Crippen LogP contribution in [-0.4, -0.2) is 29.9 Å². The minimum Gasteiger partial charge on any atom is -0.508 e. The lowest BCUT2D eigenvalue weighted by Gasteiger charge is -2.09. The SMILES string of the molecule is COc1cc(O)c(CCON)cc1C(=O)O. The van der Waals surface area contributed by atoms with Crippen LogP contribution in [-0.2, 0) is 11.3 Å². The standard InChI is InChI=1S/C10H13NO5/c1-15-9-5-8(12)6(2-3-16-11)4-7(9)10(13)14/h4-5,12H,2-3,11H2,1H3,(H,13,14). The Hall–Kier alpha value is -1.79. The molecule has 88 valence electrons. The molecular formula is C10H13NO5. The van der Waals surface area contributed by atoms with Crippen molar-refractivity contribution >= 4 is 5.97 Å². The number of benzene rings is 1. The van der Waals surface area contributed by atoms with E-state index in [0.717, 1.165) is 0 Å². The molecule has 1 aromatic carbocycles. The Kier molecular flexibility index (Phi) is 4.10. The summed E-state index contributed by atoms with van der Waals surface area (Å²) in [6.45, 7) is 0.193. The normalized spacial score (nSPS) is 10.1. The van der Waals surface area contributed by atoms with Gasteiger partial charge in [0.2, 0.25) is 0 Å².